The van der Waals surface area contributed by atoms with Crippen LogP contribution in [0.2, 0.25) is 0 Å². The third-order valence-electron chi connectivity index (χ3n) is 10.0. The van der Waals surface area contributed by atoms with Gasteiger partial charge in [-0.3, -0.25) is 9.59 Å². The lowest BCUT2D eigenvalue weighted by molar-refractivity contribution is -0.260. The molecule has 186 valence electrons. The Balaban J connectivity index is 1.55. The molecule has 1 heterocycles. The average Bonchev–Trinajstić information content (AvgIpc) is 3.09. The number of Topliss-reactive ketones (excluding diaryl/α,β-unsaturated/α-hetero) is 1. The van der Waals surface area contributed by atoms with E-state index in [4.69, 9.17) is 9.47 Å². The van der Waals surface area contributed by atoms with Crippen molar-refractivity contribution in [2.45, 2.75) is 82.2 Å². The molecule has 0 amide bonds. The smallest absolute Gasteiger partial charge is 0.302 e. The molecule has 3 N–H and O–H groups in total. The minimum atomic E-state index is -1.53. The molecule has 0 spiro atoms. The zero-order valence-corrected chi connectivity index (χ0v) is 19.7. The van der Waals surface area contributed by atoms with Gasteiger partial charge in [0.2, 0.25) is 0 Å². The number of aldehydes is 1. The predicted octanol–water partition coefficient (Wildman–Crippen LogP) is 1.61. The molecule has 1 aliphatic heterocycles. The van der Waals surface area contributed by atoms with E-state index in [1.54, 1.807) is 13.2 Å². The number of ether oxygens (including phenoxy) is 2. The highest BCUT2D eigenvalue weighted by Crippen LogP contribution is 2.69. The third kappa shape index (κ3) is 2.85. The highest BCUT2D eigenvalue weighted by Gasteiger charge is 2.76. The normalized spacial score (nSPS) is 49.7. The third-order valence-corrected chi connectivity index (χ3v) is 10.0. The number of rotatable bonds is 3. The van der Waals surface area contributed by atoms with Crippen LogP contribution in [0.15, 0.2) is 24.0 Å². The molecule has 4 aliphatic carbocycles. The summed E-state index contributed by atoms with van der Waals surface area (Å²) >= 11 is 0. The molecule has 34 heavy (non-hydrogen) atoms. The Hall–Kier alpha value is -2.03. The monoisotopic (exact) mass is 474 g/mol. The molecule has 0 aromatic carbocycles. The maximum absolute atomic E-state index is 13.9. The van der Waals surface area contributed by atoms with E-state index in [-0.39, 0.29) is 25.2 Å². The molecule has 9 unspecified atom stereocenters. The average molecular weight is 475 g/mol. The number of esters is 1. The molecule has 8 nitrogen and oxygen atoms in total. The number of hydrogen-bond acceptors (Lipinski definition) is 8. The fourth-order valence-corrected chi connectivity index (χ4v) is 8.43. The van der Waals surface area contributed by atoms with Gasteiger partial charge in [0, 0.05) is 25.2 Å². The Kier molecular flexibility index (Phi) is 5.39. The minimum absolute atomic E-state index is 0.0722. The molecule has 4 fully saturated rings. The first kappa shape index (κ1) is 23.7. The maximum Gasteiger partial charge on any atom is 0.302 e. The fourth-order valence-electron chi connectivity index (χ4n) is 8.43. The van der Waals surface area contributed by atoms with Crippen LogP contribution >= 0.6 is 0 Å². The minimum Gasteiger partial charge on any atom is -0.497 e. The van der Waals surface area contributed by atoms with E-state index >= 15 is 0 Å². The van der Waals surface area contributed by atoms with Gasteiger partial charge in [0.05, 0.1) is 28.3 Å². The van der Waals surface area contributed by atoms with E-state index in [2.05, 4.69) is 0 Å². The summed E-state index contributed by atoms with van der Waals surface area (Å²) in [6, 6.07) is 0. The maximum atomic E-state index is 13.9. The topological polar surface area (TPSA) is 130 Å². The van der Waals surface area contributed by atoms with E-state index in [1.807, 2.05) is 12.2 Å². The summed E-state index contributed by atoms with van der Waals surface area (Å²) in [5.74, 6) is -2.68. The van der Waals surface area contributed by atoms with Crippen LogP contribution in [0.1, 0.15) is 58.8 Å². The van der Waals surface area contributed by atoms with Crippen LogP contribution < -0.4 is 0 Å². The van der Waals surface area contributed by atoms with Crippen molar-refractivity contribution in [3.8, 4) is 0 Å². The summed E-state index contributed by atoms with van der Waals surface area (Å²) in [5, 5.41) is 35.5. The van der Waals surface area contributed by atoms with E-state index in [1.165, 1.54) is 6.92 Å². The molecule has 0 aromatic heterocycles. The Bertz CT molecular complexity index is 972. The number of hydrogen-bond donors (Lipinski definition) is 3. The van der Waals surface area contributed by atoms with Gasteiger partial charge in [0.15, 0.2) is 5.78 Å². The van der Waals surface area contributed by atoms with E-state index in [0.29, 0.717) is 38.6 Å². The van der Waals surface area contributed by atoms with E-state index < -0.39 is 57.8 Å². The van der Waals surface area contributed by atoms with Gasteiger partial charge in [0.1, 0.15) is 25.1 Å². The molecule has 4 saturated carbocycles. The van der Waals surface area contributed by atoms with Crippen LogP contribution in [0.3, 0.4) is 0 Å². The van der Waals surface area contributed by atoms with Gasteiger partial charge in [-0.2, -0.15) is 0 Å². The van der Waals surface area contributed by atoms with Crippen LogP contribution in [-0.2, 0) is 23.9 Å². The van der Waals surface area contributed by atoms with Gasteiger partial charge < -0.3 is 29.6 Å². The number of carbonyl (C=O) groups is 3. The molecular formula is C26H34O8. The number of carbonyl (C=O) groups excluding carboxylic acids is 3. The van der Waals surface area contributed by atoms with Gasteiger partial charge in [-0.15, -0.1) is 0 Å². The summed E-state index contributed by atoms with van der Waals surface area (Å²) in [6.07, 6.45) is 6.19. The van der Waals surface area contributed by atoms with Crippen molar-refractivity contribution in [3.63, 3.8) is 0 Å². The Morgan fingerprint density at radius 3 is 2.62 bits per heavy atom. The standard InChI is InChI=1S/C26H34O8/c1-15(28)34-17-5-8-24(14-27)20-19(6-9-25(24,31)12-17)26(32)10-7-18(16-4-3-11-33-13-16)23(26,2)22(30)21(20)29/h3-4,13-14,17-21,29,31-32H,5-12H2,1-2H3. The van der Waals surface area contributed by atoms with Crippen LogP contribution in [-0.4, -0.2) is 63.4 Å². The molecule has 5 rings (SSSR count). The van der Waals surface area contributed by atoms with Crippen LogP contribution in [0.25, 0.3) is 0 Å². The number of aliphatic hydroxyl groups is 3. The second kappa shape index (κ2) is 7.73. The van der Waals surface area contributed by atoms with Crippen molar-refractivity contribution in [2.75, 3.05) is 6.61 Å². The molecule has 8 heteroatoms. The second-order valence-electron chi connectivity index (χ2n) is 11.2. The summed E-state index contributed by atoms with van der Waals surface area (Å²) in [5.41, 5.74) is -4.76. The van der Waals surface area contributed by atoms with E-state index in [9.17, 15) is 29.7 Å². The summed E-state index contributed by atoms with van der Waals surface area (Å²) in [6.45, 7) is 3.50. The van der Waals surface area contributed by atoms with Crippen LogP contribution in [0, 0.1) is 28.6 Å². The van der Waals surface area contributed by atoms with Crippen LogP contribution in [0.5, 0.6) is 0 Å². The number of allylic oxidation sites excluding steroid dienone is 2. The first-order valence-electron chi connectivity index (χ1n) is 12.3. The zero-order valence-electron chi connectivity index (χ0n) is 19.7. The molecule has 5 aliphatic rings. The van der Waals surface area contributed by atoms with Crippen LogP contribution in [0.4, 0.5) is 0 Å². The second-order valence-corrected chi connectivity index (χ2v) is 11.2. The van der Waals surface area contributed by atoms with Crippen molar-refractivity contribution in [1.29, 1.82) is 0 Å². The first-order valence-corrected chi connectivity index (χ1v) is 12.3. The van der Waals surface area contributed by atoms with Gasteiger partial charge in [0.25, 0.3) is 0 Å². The van der Waals surface area contributed by atoms with Gasteiger partial charge in [-0.1, -0.05) is 6.08 Å². The molecule has 0 saturated heterocycles. The lowest BCUT2D eigenvalue weighted by Crippen LogP contribution is -2.74. The lowest BCUT2D eigenvalue weighted by Gasteiger charge is -2.65. The zero-order chi connectivity index (χ0) is 24.5. The van der Waals surface area contributed by atoms with E-state index in [0.717, 1.165) is 5.57 Å². The molecule has 0 bridgehead atoms. The highest BCUT2D eigenvalue weighted by atomic mass is 16.5. The van der Waals surface area contributed by atoms with Crippen molar-refractivity contribution < 1.29 is 39.2 Å². The molecular weight excluding hydrogens is 440 g/mol. The number of aliphatic hydroxyl groups excluding tert-OH is 1. The molecule has 0 radical (unpaired) electrons. The Labute approximate surface area is 199 Å². The van der Waals surface area contributed by atoms with Gasteiger partial charge >= 0.3 is 5.97 Å². The highest BCUT2D eigenvalue weighted by molar-refractivity contribution is 5.93. The van der Waals surface area contributed by atoms with Gasteiger partial charge in [-0.25, -0.2) is 0 Å². The number of fused-ring (bicyclic) bond motifs is 5. The van der Waals surface area contributed by atoms with Crippen molar-refractivity contribution in [3.05, 3.63) is 24.0 Å². The summed E-state index contributed by atoms with van der Waals surface area (Å²) in [4.78, 5) is 38.2. The molecule has 9 atom stereocenters. The Morgan fingerprint density at radius 2 is 1.97 bits per heavy atom. The number of ketones is 1. The summed E-state index contributed by atoms with van der Waals surface area (Å²) < 4.78 is 10.8. The van der Waals surface area contributed by atoms with Crippen molar-refractivity contribution >= 4 is 18.0 Å². The summed E-state index contributed by atoms with van der Waals surface area (Å²) in [7, 11) is 0. The quantitative estimate of drug-likeness (QED) is 0.415. The SMILES string of the molecule is CC(=O)OC1CCC2(C=O)C3C(O)C(=O)C4(C)C(C5=COCC=C5)CCC4(O)C3CCC2(O)C1. The van der Waals surface area contributed by atoms with Crippen molar-refractivity contribution in [1.82, 2.24) is 0 Å². The first-order chi connectivity index (χ1) is 16.0. The Morgan fingerprint density at radius 1 is 1.21 bits per heavy atom. The van der Waals surface area contributed by atoms with Gasteiger partial charge in [-0.05, 0) is 63.0 Å². The molecule has 0 aromatic rings. The van der Waals surface area contributed by atoms with Crippen molar-refractivity contribution in [2.24, 2.45) is 28.6 Å². The largest absolute Gasteiger partial charge is 0.497 e. The fraction of sp³-hybridized carbons (Fsp3) is 0.731. The lowest BCUT2D eigenvalue weighted by atomic mass is 9.40. The predicted molar refractivity (Wildman–Crippen MR) is 119 cm³/mol.